The van der Waals surface area contributed by atoms with E-state index in [1.54, 1.807) is 0 Å². The van der Waals surface area contributed by atoms with Crippen molar-refractivity contribution in [2.45, 2.75) is 0 Å². The van der Waals surface area contributed by atoms with E-state index in [-0.39, 0.29) is 42.0 Å². The van der Waals surface area contributed by atoms with Gasteiger partial charge in [-0.2, -0.15) is 8.42 Å². The van der Waals surface area contributed by atoms with Crippen molar-refractivity contribution in [2.75, 3.05) is 12.4 Å². The van der Waals surface area contributed by atoms with Crippen LogP contribution in [0.1, 0.15) is 1.43 Å². The Morgan fingerprint density at radius 1 is 1.73 bits per heavy atom. The van der Waals surface area contributed by atoms with Crippen LogP contribution in [0.15, 0.2) is 0 Å². The molecule has 0 heterocycles. The van der Waals surface area contributed by atoms with Crippen molar-refractivity contribution in [3.8, 4) is 0 Å². The van der Waals surface area contributed by atoms with Crippen LogP contribution in [-0.4, -0.2) is 29.7 Å². The van der Waals surface area contributed by atoms with Crippen LogP contribution in [0, 0.1) is 0 Å². The summed E-state index contributed by atoms with van der Waals surface area (Å²) in [7, 11) is -3.94. The molecule has 0 aromatic heterocycles. The van der Waals surface area contributed by atoms with Gasteiger partial charge in [0.05, 0.1) is 0 Å². The minimum absolute atomic E-state index is 0. The molecular weight excluding hydrogens is 219 g/mol. The van der Waals surface area contributed by atoms with Gasteiger partial charge in [0.25, 0.3) is 10.1 Å². The summed E-state index contributed by atoms with van der Waals surface area (Å²) in [6, 6.07) is 0. The van der Waals surface area contributed by atoms with Crippen LogP contribution in [0.5, 0.6) is 0 Å². The van der Waals surface area contributed by atoms with Crippen molar-refractivity contribution < 1.29 is 48.7 Å². The third kappa shape index (κ3) is 14.1. The Labute approximate surface area is 99.6 Å². The molecule has 0 unspecified atom stereocenters. The third-order valence-corrected chi connectivity index (χ3v) is 1.50. The van der Waals surface area contributed by atoms with E-state index < -0.39 is 15.9 Å². The number of ether oxygens (including phenoxy) is 1. The molecule has 0 bridgehead atoms. The number of hydrogen-bond donors (Lipinski definition) is 2. The molecular formula is C3H7NaO4S3. The predicted molar refractivity (Wildman–Crippen MR) is 45.1 cm³/mol. The average molecular weight is 226 g/mol. The minimum atomic E-state index is -3.94. The number of hydrogen-bond acceptors (Lipinski definition) is 4. The normalized spacial score (nSPS) is 10.0. The van der Waals surface area contributed by atoms with Gasteiger partial charge in [-0.3, -0.25) is 4.55 Å². The molecule has 0 radical (unpaired) electrons. The van der Waals surface area contributed by atoms with Gasteiger partial charge < -0.3 is 6.16 Å². The maximum atomic E-state index is 10.0. The SMILES string of the molecule is O=S(=O)(O)CCOC(=S)S.[H-].[Na+]. The van der Waals surface area contributed by atoms with Crippen molar-refractivity contribution >= 4 is 39.3 Å². The van der Waals surface area contributed by atoms with Gasteiger partial charge in [0.15, 0.2) is 0 Å². The van der Waals surface area contributed by atoms with Crippen LogP contribution in [0.2, 0.25) is 0 Å². The molecule has 0 rings (SSSR count). The van der Waals surface area contributed by atoms with Crippen LogP contribution in [0.4, 0.5) is 0 Å². The molecule has 1 N–H and O–H groups in total. The Morgan fingerprint density at radius 2 is 2.18 bits per heavy atom. The largest absolute Gasteiger partial charge is 1.00 e. The van der Waals surface area contributed by atoms with Gasteiger partial charge in [0.2, 0.25) is 4.38 Å². The first-order chi connectivity index (χ1) is 4.42. The van der Waals surface area contributed by atoms with E-state index in [1.807, 2.05) is 0 Å². The summed E-state index contributed by atoms with van der Waals surface area (Å²) in [5.41, 5.74) is 0. The molecule has 4 nitrogen and oxygen atoms in total. The second-order valence-electron chi connectivity index (χ2n) is 1.40. The fourth-order valence-corrected chi connectivity index (χ4v) is 0.703. The molecule has 62 valence electrons. The van der Waals surface area contributed by atoms with E-state index in [0.29, 0.717) is 0 Å². The maximum Gasteiger partial charge on any atom is 1.00 e. The second-order valence-corrected chi connectivity index (χ2v) is 4.05. The summed E-state index contributed by atoms with van der Waals surface area (Å²) < 4.78 is 32.6. The van der Waals surface area contributed by atoms with E-state index in [4.69, 9.17) is 4.55 Å². The molecule has 0 aromatic rings. The van der Waals surface area contributed by atoms with Gasteiger partial charge in [0.1, 0.15) is 12.4 Å². The van der Waals surface area contributed by atoms with Gasteiger partial charge in [-0.1, -0.05) is 12.6 Å². The monoisotopic (exact) mass is 226 g/mol. The van der Waals surface area contributed by atoms with Crippen molar-refractivity contribution in [2.24, 2.45) is 0 Å². The van der Waals surface area contributed by atoms with E-state index in [9.17, 15) is 8.42 Å². The summed E-state index contributed by atoms with van der Waals surface area (Å²) in [4.78, 5) is 0. The van der Waals surface area contributed by atoms with Crippen LogP contribution < -0.4 is 29.6 Å². The third-order valence-electron chi connectivity index (χ3n) is 0.567. The number of thiocarbonyl (C=S) groups is 1. The zero-order valence-corrected chi connectivity index (χ0v) is 10.4. The molecule has 0 aliphatic rings. The Balaban J connectivity index is -0.000000405. The van der Waals surface area contributed by atoms with E-state index >= 15 is 0 Å². The molecule has 0 aliphatic heterocycles. The Kier molecular flexibility index (Phi) is 8.85. The second kappa shape index (κ2) is 6.64. The van der Waals surface area contributed by atoms with Crippen molar-refractivity contribution in [3.05, 3.63) is 0 Å². The molecule has 0 saturated carbocycles. The zero-order valence-electron chi connectivity index (χ0n) is 6.85. The zero-order chi connectivity index (χ0) is 8.20. The quantitative estimate of drug-likeness (QED) is 0.236. The van der Waals surface area contributed by atoms with Gasteiger partial charge in [-0.25, -0.2) is 0 Å². The van der Waals surface area contributed by atoms with Crippen LogP contribution in [0.25, 0.3) is 0 Å². The first kappa shape index (κ1) is 14.7. The molecule has 0 spiro atoms. The summed E-state index contributed by atoms with van der Waals surface area (Å²) in [6.07, 6.45) is 0. The Bertz CT molecular complexity index is 216. The topological polar surface area (TPSA) is 63.6 Å². The summed E-state index contributed by atoms with van der Waals surface area (Å²) >= 11 is 7.91. The molecule has 0 amide bonds. The first-order valence-electron chi connectivity index (χ1n) is 2.23. The summed E-state index contributed by atoms with van der Waals surface area (Å²) in [6.45, 7) is -0.166. The Morgan fingerprint density at radius 3 is 2.45 bits per heavy atom. The van der Waals surface area contributed by atoms with E-state index in [1.165, 1.54) is 0 Å². The molecule has 8 heteroatoms. The molecule has 0 fully saturated rings. The van der Waals surface area contributed by atoms with E-state index in [2.05, 4.69) is 29.6 Å². The van der Waals surface area contributed by atoms with E-state index in [0.717, 1.165) is 0 Å². The molecule has 0 aromatic carbocycles. The minimum Gasteiger partial charge on any atom is -1.00 e. The first-order valence-corrected chi connectivity index (χ1v) is 4.69. The Hall–Kier alpha value is 1.15. The fraction of sp³-hybridized carbons (Fsp3) is 0.667. The number of rotatable bonds is 3. The van der Waals surface area contributed by atoms with Crippen molar-refractivity contribution in [1.82, 2.24) is 0 Å². The predicted octanol–water partition coefficient (Wildman–Crippen LogP) is -2.78. The van der Waals surface area contributed by atoms with Crippen LogP contribution in [-0.2, 0) is 14.9 Å². The smallest absolute Gasteiger partial charge is 1.00 e. The molecule has 0 saturated heterocycles. The maximum absolute atomic E-state index is 10.0. The van der Waals surface area contributed by atoms with Crippen molar-refractivity contribution in [1.29, 1.82) is 0 Å². The summed E-state index contributed by atoms with van der Waals surface area (Å²) in [5.74, 6) is -0.465. The fourth-order valence-electron chi connectivity index (χ4n) is 0.234. The molecule has 0 atom stereocenters. The van der Waals surface area contributed by atoms with Gasteiger partial charge in [-0.15, -0.1) is 0 Å². The average Bonchev–Trinajstić information content (AvgIpc) is 1.59. The van der Waals surface area contributed by atoms with Gasteiger partial charge >= 0.3 is 29.6 Å². The molecule has 0 aliphatic carbocycles. The van der Waals surface area contributed by atoms with Gasteiger partial charge in [0, 0.05) is 0 Å². The standard InChI is InChI=1S/C3H6O4S3.Na.H/c4-10(5,6)2-1-7-3(8)9;;/h1-2H2,(H,8,9)(H,4,5,6);;/q;+1;-1. The van der Waals surface area contributed by atoms with Crippen LogP contribution >= 0.6 is 24.8 Å². The van der Waals surface area contributed by atoms with Crippen LogP contribution in [0.3, 0.4) is 0 Å². The summed E-state index contributed by atoms with van der Waals surface area (Å²) in [5, 5.41) is 0. The molecule has 11 heavy (non-hydrogen) atoms. The van der Waals surface area contributed by atoms with Crippen molar-refractivity contribution in [3.63, 3.8) is 0 Å². The van der Waals surface area contributed by atoms with Gasteiger partial charge in [-0.05, 0) is 12.2 Å². The number of thiol groups is 1.